The van der Waals surface area contributed by atoms with E-state index in [9.17, 15) is 18.8 Å². The first-order valence-electron chi connectivity index (χ1n) is 9.52. The van der Waals surface area contributed by atoms with Crippen LogP contribution in [0.5, 0.6) is 0 Å². The van der Waals surface area contributed by atoms with Crippen molar-refractivity contribution in [3.8, 4) is 6.07 Å². The Morgan fingerprint density at radius 1 is 1.45 bits per heavy atom. The Kier molecular flexibility index (Phi) is 5.10. The van der Waals surface area contributed by atoms with E-state index in [1.807, 2.05) is 17.9 Å². The Morgan fingerprint density at radius 3 is 3.00 bits per heavy atom. The molecule has 2 N–H and O–H groups in total. The number of hydrogen-bond acceptors (Lipinski definition) is 6. The number of carbonyl (C=O) groups is 1. The second kappa shape index (κ2) is 7.57. The molecule has 2 fully saturated rings. The molecule has 1 amide bonds. The summed E-state index contributed by atoms with van der Waals surface area (Å²) in [6, 6.07) is 7.41. The number of halogens is 2. The maximum Gasteiger partial charge on any atom is 0.265 e. The van der Waals surface area contributed by atoms with E-state index >= 15 is 0 Å². The van der Waals surface area contributed by atoms with E-state index in [0.29, 0.717) is 12.2 Å². The van der Waals surface area contributed by atoms with E-state index in [0.717, 1.165) is 11.2 Å². The molecule has 0 radical (unpaired) electrons. The van der Waals surface area contributed by atoms with Crippen molar-refractivity contribution in [3.63, 3.8) is 0 Å². The zero-order valence-corrected chi connectivity index (χ0v) is 15.9. The third kappa shape index (κ3) is 3.75. The van der Waals surface area contributed by atoms with Gasteiger partial charge in [-0.3, -0.25) is 4.79 Å². The number of pyridine rings is 1. The molecule has 8 nitrogen and oxygen atoms in total. The molecule has 0 bridgehead atoms. The van der Waals surface area contributed by atoms with Crippen LogP contribution in [0.2, 0.25) is 0 Å². The molecule has 154 valence electrons. The number of alkyl halides is 2. The highest BCUT2D eigenvalue weighted by atomic mass is 19.3. The van der Waals surface area contributed by atoms with Crippen LogP contribution in [0.1, 0.15) is 12.6 Å². The highest BCUT2D eigenvalue weighted by Crippen LogP contribution is 2.28. The predicted molar refractivity (Wildman–Crippen MR) is 101 cm³/mol. The molecule has 29 heavy (non-hydrogen) atoms. The molecule has 10 heteroatoms. The third-order valence-electron chi connectivity index (χ3n) is 5.41. The van der Waals surface area contributed by atoms with Gasteiger partial charge in [0.05, 0.1) is 42.5 Å². The molecule has 4 heterocycles. The fourth-order valence-corrected chi connectivity index (χ4v) is 3.91. The van der Waals surface area contributed by atoms with E-state index < -0.39 is 23.9 Å². The lowest BCUT2D eigenvalue weighted by atomic mass is 10.1. The molecule has 0 spiro atoms. The van der Waals surface area contributed by atoms with Gasteiger partial charge in [0.15, 0.2) is 6.10 Å². The van der Waals surface area contributed by atoms with Crippen LogP contribution in [0.15, 0.2) is 24.4 Å². The number of carbonyl (C=O) groups excluding carboxylic acids is 1. The van der Waals surface area contributed by atoms with Crippen molar-refractivity contribution < 1.29 is 18.3 Å². The minimum atomic E-state index is -2.82. The van der Waals surface area contributed by atoms with E-state index in [1.165, 1.54) is 0 Å². The van der Waals surface area contributed by atoms with Crippen molar-refractivity contribution in [1.29, 1.82) is 5.26 Å². The Bertz CT molecular complexity index is 956. The number of rotatable bonds is 4. The van der Waals surface area contributed by atoms with Crippen molar-refractivity contribution in [1.82, 2.24) is 20.2 Å². The number of fused-ring (bicyclic) bond motifs is 1. The van der Waals surface area contributed by atoms with Gasteiger partial charge in [0.2, 0.25) is 0 Å². The van der Waals surface area contributed by atoms with Crippen molar-refractivity contribution in [2.24, 2.45) is 5.92 Å². The van der Waals surface area contributed by atoms with Gasteiger partial charge in [-0.25, -0.2) is 13.3 Å². The summed E-state index contributed by atoms with van der Waals surface area (Å²) in [6.07, 6.45) is 0.608. The lowest BCUT2D eigenvalue weighted by Gasteiger charge is -2.37. The quantitative estimate of drug-likeness (QED) is 0.782. The fraction of sp³-hybridized carbons (Fsp3) is 0.526. The van der Waals surface area contributed by atoms with Crippen LogP contribution in [0, 0.1) is 17.2 Å². The van der Waals surface area contributed by atoms with E-state index in [2.05, 4.69) is 21.8 Å². The number of nitriles is 1. The molecule has 2 aromatic rings. The Morgan fingerprint density at radius 2 is 2.28 bits per heavy atom. The summed E-state index contributed by atoms with van der Waals surface area (Å²) in [5, 5.41) is 18.7. The SMILES string of the molecule is C[C@@H]1CN(c2ccc(C#N)n3nccc23)C[C@H](C(=O)NCC2CNCC2(F)F)O1. The minimum absolute atomic E-state index is 0.100. The zero-order valence-electron chi connectivity index (χ0n) is 15.9. The van der Waals surface area contributed by atoms with Crippen LogP contribution in [0.4, 0.5) is 14.5 Å². The summed E-state index contributed by atoms with van der Waals surface area (Å²) in [5.41, 5.74) is 2.01. The van der Waals surface area contributed by atoms with Crippen LogP contribution in [-0.2, 0) is 9.53 Å². The number of nitrogens with one attached hydrogen (secondary N) is 2. The smallest absolute Gasteiger partial charge is 0.265 e. The second-order valence-corrected chi connectivity index (χ2v) is 7.52. The first-order chi connectivity index (χ1) is 13.9. The monoisotopic (exact) mass is 404 g/mol. The highest BCUT2D eigenvalue weighted by Gasteiger charge is 2.44. The first-order valence-corrected chi connectivity index (χ1v) is 9.52. The zero-order chi connectivity index (χ0) is 20.6. The topological polar surface area (TPSA) is 94.7 Å². The average molecular weight is 404 g/mol. The lowest BCUT2D eigenvalue weighted by Crippen LogP contribution is -2.54. The summed E-state index contributed by atoms with van der Waals surface area (Å²) in [4.78, 5) is 14.6. The van der Waals surface area contributed by atoms with Crippen molar-refractivity contribution in [2.75, 3.05) is 37.6 Å². The first kappa shape index (κ1) is 19.5. The van der Waals surface area contributed by atoms with Gasteiger partial charge >= 0.3 is 0 Å². The molecule has 2 aliphatic rings. The van der Waals surface area contributed by atoms with Gasteiger partial charge in [-0.1, -0.05) is 0 Å². The van der Waals surface area contributed by atoms with Gasteiger partial charge in [0.1, 0.15) is 11.8 Å². The molecular weight excluding hydrogens is 382 g/mol. The molecule has 4 rings (SSSR count). The van der Waals surface area contributed by atoms with Gasteiger partial charge in [-0.15, -0.1) is 0 Å². The van der Waals surface area contributed by atoms with Gasteiger partial charge in [0.25, 0.3) is 11.8 Å². The Labute approximate surface area is 166 Å². The molecule has 1 unspecified atom stereocenters. The number of amides is 1. The molecule has 2 aromatic heterocycles. The number of aromatic nitrogens is 2. The number of nitrogens with zero attached hydrogens (tertiary/aromatic N) is 4. The Hall–Kier alpha value is -2.77. The second-order valence-electron chi connectivity index (χ2n) is 7.52. The molecule has 0 saturated carbocycles. The number of hydrogen-bond donors (Lipinski definition) is 2. The third-order valence-corrected chi connectivity index (χ3v) is 5.41. The maximum absolute atomic E-state index is 13.7. The normalized spacial score (nSPS) is 26.4. The van der Waals surface area contributed by atoms with Crippen LogP contribution in [0.3, 0.4) is 0 Å². The summed E-state index contributed by atoms with van der Waals surface area (Å²) < 4.78 is 34.8. The van der Waals surface area contributed by atoms with Gasteiger partial charge in [0, 0.05) is 19.6 Å². The van der Waals surface area contributed by atoms with E-state index in [1.54, 1.807) is 22.8 Å². The van der Waals surface area contributed by atoms with E-state index in [4.69, 9.17) is 4.74 Å². The van der Waals surface area contributed by atoms with Gasteiger partial charge < -0.3 is 20.3 Å². The predicted octanol–water partition coefficient (Wildman–Crippen LogP) is 0.771. The fourth-order valence-electron chi connectivity index (χ4n) is 3.91. The molecule has 0 aliphatic carbocycles. The molecule has 3 atom stereocenters. The lowest BCUT2D eigenvalue weighted by molar-refractivity contribution is -0.138. The van der Waals surface area contributed by atoms with Crippen LogP contribution >= 0.6 is 0 Å². The largest absolute Gasteiger partial charge is 0.364 e. The van der Waals surface area contributed by atoms with Crippen LogP contribution < -0.4 is 15.5 Å². The Balaban J connectivity index is 1.48. The van der Waals surface area contributed by atoms with Gasteiger partial charge in [-0.05, 0) is 25.1 Å². The molecule has 0 aromatic carbocycles. The van der Waals surface area contributed by atoms with Crippen LogP contribution in [0.25, 0.3) is 5.52 Å². The number of ether oxygens (including phenoxy) is 1. The molecular formula is C19H22F2N6O2. The average Bonchev–Trinajstić information content (AvgIpc) is 3.31. The highest BCUT2D eigenvalue weighted by molar-refractivity contribution is 5.82. The van der Waals surface area contributed by atoms with Crippen LogP contribution in [-0.4, -0.2) is 66.4 Å². The number of morpholine rings is 1. The summed E-state index contributed by atoms with van der Waals surface area (Å²) >= 11 is 0. The van der Waals surface area contributed by atoms with Crippen molar-refractivity contribution >= 4 is 17.1 Å². The summed E-state index contributed by atoms with van der Waals surface area (Å²) in [7, 11) is 0. The summed E-state index contributed by atoms with van der Waals surface area (Å²) in [5.74, 6) is -4.15. The minimum Gasteiger partial charge on any atom is -0.364 e. The summed E-state index contributed by atoms with van der Waals surface area (Å²) in [6.45, 7) is 2.41. The van der Waals surface area contributed by atoms with Crippen molar-refractivity contribution in [2.45, 2.75) is 25.1 Å². The van der Waals surface area contributed by atoms with Gasteiger partial charge in [-0.2, -0.15) is 10.4 Å². The van der Waals surface area contributed by atoms with Crippen molar-refractivity contribution in [3.05, 3.63) is 30.1 Å². The molecule has 2 aliphatic heterocycles. The van der Waals surface area contributed by atoms with E-state index in [-0.39, 0.29) is 32.3 Å². The molecule has 2 saturated heterocycles. The maximum atomic E-state index is 13.7. The standard InChI is InChI=1S/C19H22F2N6O2/c1-12-9-26(15-3-2-14(6-22)27-16(15)4-5-25-27)10-17(29-12)18(28)24-8-13-7-23-11-19(13,20)21/h2-5,12-13,17,23H,7-11H2,1H3,(H,24,28)/t12-,13?,17-/m1/s1. The number of anilines is 1.